The fraction of sp³-hybridized carbons (Fsp3) is 0.385. The van der Waals surface area contributed by atoms with E-state index in [4.69, 9.17) is 10.5 Å². The lowest BCUT2D eigenvalue weighted by molar-refractivity contribution is 0.418. The lowest BCUT2D eigenvalue weighted by Gasteiger charge is -2.07. The molecule has 2 aromatic rings. The van der Waals surface area contributed by atoms with Crippen molar-refractivity contribution in [1.82, 2.24) is 4.57 Å². The Kier molecular flexibility index (Phi) is 2.88. The van der Waals surface area contributed by atoms with Gasteiger partial charge in [0, 0.05) is 24.7 Å². The van der Waals surface area contributed by atoms with E-state index in [2.05, 4.69) is 23.8 Å². The molecular formula is C13H18N2O. The zero-order valence-corrected chi connectivity index (χ0v) is 10.0. The Bertz CT molecular complexity index is 502. The highest BCUT2D eigenvalue weighted by molar-refractivity contribution is 5.89. The van der Waals surface area contributed by atoms with Crippen molar-refractivity contribution in [3.05, 3.63) is 30.0 Å². The number of hydrogen-bond donors (Lipinski definition) is 1. The minimum atomic E-state index is 0.0933. The maximum absolute atomic E-state index is 6.11. The molecule has 86 valence electrons. The van der Waals surface area contributed by atoms with Gasteiger partial charge in [-0.2, -0.15) is 0 Å². The van der Waals surface area contributed by atoms with E-state index < -0.39 is 0 Å². The van der Waals surface area contributed by atoms with Crippen LogP contribution in [0.15, 0.2) is 24.4 Å². The summed E-state index contributed by atoms with van der Waals surface area (Å²) in [6.45, 7) is 2.10. The molecule has 2 N–H and O–H groups in total. The van der Waals surface area contributed by atoms with Crippen LogP contribution in [0.4, 0.5) is 0 Å². The number of aryl methyl sites for hydroxylation is 1. The highest BCUT2D eigenvalue weighted by Crippen LogP contribution is 2.32. The fourth-order valence-electron chi connectivity index (χ4n) is 2.14. The molecule has 0 radical (unpaired) electrons. The molecule has 0 fully saturated rings. The van der Waals surface area contributed by atoms with E-state index in [9.17, 15) is 0 Å². The van der Waals surface area contributed by atoms with Crippen LogP contribution in [-0.2, 0) is 7.05 Å². The Hall–Kier alpha value is -1.48. The summed E-state index contributed by atoms with van der Waals surface area (Å²) in [6, 6.07) is 6.18. The van der Waals surface area contributed by atoms with Crippen molar-refractivity contribution < 1.29 is 4.74 Å². The van der Waals surface area contributed by atoms with Gasteiger partial charge in [-0.05, 0) is 18.1 Å². The minimum Gasteiger partial charge on any atom is -0.495 e. The quantitative estimate of drug-likeness (QED) is 0.860. The monoisotopic (exact) mass is 218 g/mol. The Labute approximate surface area is 95.8 Å². The number of hydrogen-bond acceptors (Lipinski definition) is 2. The summed E-state index contributed by atoms with van der Waals surface area (Å²) in [4.78, 5) is 0. The third kappa shape index (κ3) is 1.57. The molecule has 0 aliphatic heterocycles. The zero-order valence-electron chi connectivity index (χ0n) is 10.0. The predicted octanol–water partition coefficient (Wildman–Crippen LogP) is 2.60. The molecule has 1 atom stereocenters. The van der Waals surface area contributed by atoms with E-state index in [0.29, 0.717) is 0 Å². The second-order valence-electron chi connectivity index (χ2n) is 4.07. The molecule has 1 unspecified atom stereocenters. The van der Waals surface area contributed by atoms with Crippen molar-refractivity contribution in [3.8, 4) is 5.75 Å². The van der Waals surface area contributed by atoms with Crippen LogP contribution in [0.5, 0.6) is 5.75 Å². The lowest BCUT2D eigenvalue weighted by Crippen LogP contribution is -2.07. The molecule has 3 nitrogen and oxygen atoms in total. The van der Waals surface area contributed by atoms with Crippen LogP contribution >= 0.6 is 0 Å². The summed E-state index contributed by atoms with van der Waals surface area (Å²) in [5.41, 5.74) is 8.42. The average Bonchev–Trinajstić information content (AvgIpc) is 2.66. The molecule has 1 aromatic carbocycles. The maximum atomic E-state index is 6.11. The van der Waals surface area contributed by atoms with E-state index in [1.165, 1.54) is 10.9 Å². The smallest absolute Gasteiger partial charge is 0.143 e. The molecular weight excluding hydrogens is 200 g/mol. The molecule has 0 aliphatic rings. The van der Waals surface area contributed by atoms with E-state index in [1.54, 1.807) is 7.11 Å². The molecule has 0 saturated carbocycles. The summed E-state index contributed by atoms with van der Waals surface area (Å²) < 4.78 is 7.46. The predicted molar refractivity (Wildman–Crippen MR) is 66.7 cm³/mol. The molecule has 0 bridgehead atoms. The van der Waals surface area contributed by atoms with Gasteiger partial charge in [-0.3, -0.25) is 0 Å². The Morgan fingerprint density at radius 3 is 2.81 bits per heavy atom. The first-order valence-corrected chi connectivity index (χ1v) is 5.56. The average molecular weight is 218 g/mol. The minimum absolute atomic E-state index is 0.0933. The van der Waals surface area contributed by atoms with Gasteiger partial charge in [-0.1, -0.05) is 19.1 Å². The number of fused-ring (bicyclic) bond motifs is 1. The van der Waals surface area contributed by atoms with Crippen LogP contribution in [0.3, 0.4) is 0 Å². The molecule has 1 heterocycles. The molecule has 1 aromatic heterocycles. The molecule has 16 heavy (non-hydrogen) atoms. The second kappa shape index (κ2) is 4.18. The second-order valence-corrected chi connectivity index (χ2v) is 4.07. The third-order valence-electron chi connectivity index (χ3n) is 3.05. The summed E-state index contributed by atoms with van der Waals surface area (Å²) in [6.07, 6.45) is 3.04. The normalized spacial score (nSPS) is 13.0. The summed E-state index contributed by atoms with van der Waals surface area (Å²) in [5, 5.41) is 1.19. The van der Waals surface area contributed by atoms with Gasteiger partial charge in [0.1, 0.15) is 5.75 Å². The lowest BCUT2D eigenvalue weighted by atomic mass is 10.0. The Balaban J connectivity index is 2.71. The number of nitrogens with zero attached hydrogens (tertiary/aromatic N) is 1. The van der Waals surface area contributed by atoms with Crippen LogP contribution < -0.4 is 10.5 Å². The van der Waals surface area contributed by atoms with Gasteiger partial charge < -0.3 is 15.0 Å². The largest absolute Gasteiger partial charge is 0.495 e. The Morgan fingerprint density at radius 1 is 1.44 bits per heavy atom. The van der Waals surface area contributed by atoms with Gasteiger partial charge >= 0.3 is 0 Å². The number of benzene rings is 1. The molecule has 0 amide bonds. The van der Waals surface area contributed by atoms with Crippen LogP contribution in [-0.4, -0.2) is 11.7 Å². The highest BCUT2D eigenvalue weighted by Gasteiger charge is 2.14. The zero-order chi connectivity index (χ0) is 11.7. The van der Waals surface area contributed by atoms with Crippen molar-refractivity contribution in [2.45, 2.75) is 19.4 Å². The van der Waals surface area contributed by atoms with E-state index in [1.807, 2.05) is 19.2 Å². The van der Waals surface area contributed by atoms with Gasteiger partial charge in [-0.15, -0.1) is 0 Å². The molecule has 0 spiro atoms. The third-order valence-corrected chi connectivity index (χ3v) is 3.05. The van der Waals surface area contributed by atoms with E-state index in [0.717, 1.165) is 17.7 Å². The first kappa shape index (κ1) is 11.0. The highest BCUT2D eigenvalue weighted by atomic mass is 16.5. The molecule has 3 heteroatoms. The van der Waals surface area contributed by atoms with Crippen LogP contribution in [0, 0.1) is 0 Å². The van der Waals surface area contributed by atoms with Gasteiger partial charge in [0.2, 0.25) is 0 Å². The van der Waals surface area contributed by atoms with Crippen molar-refractivity contribution in [1.29, 1.82) is 0 Å². The summed E-state index contributed by atoms with van der Waals surface area (Å²) in [7, 11) is 3.72. The van der Waals surface area contributed by atoms with Gasteiger partial charge in [0.15, 0.2) is 0 Å². The Morgan fingerprint density at radius 2 is 2.19 bits per heavy atom. The van der Waals surface area contributed by atoms with Crippen LogP contribution in [0.1, 0.15) is 24.9 Å². The summed E-state index contributed by atoms with van der Waals surface area (Å²) >= 11 is 0. The number of nitrogens with two attached hydrogens (primary N) is 1. The van der Waals surface area contributed by atoms with E-state index in [-0.39, 0.29) is 6.04 Å². The molecule has 0 saturated heterocycles. The number of aromatic nitrogens is 1. The van der Waals surface area contributed by atoms with Gasteiger partial charge in [0.05, 0.1) is 12.6 Å². The number of rotatable bonds is 3. The van der Waals surface area contributed by atoms with Gasteiger partial charge in [-0.25, -0.2) is 0 Å². The van der Waals surface area contributed by atoms with Crippen molar-refractivity contribution in [3.63, 3.8) is 0 Å². The fourth-order valence-corrected chi connectivity index (χ4v) is 2.14. The first-order chi connectivity index (χ1) is 7.69. The number of ether oxygens (including phenoxy) is 1. The van der Waals surface area contributed by atoms with Crippen LogP contribution in [0.2, 0.25) is 0 Å². The van der Waals surface area contributed by atoms with Crippen molar-refractivity contribution in [2.24, 2.45) is 12.8 Å². The topological polar surface area (TPSA) is 40.2 Å². The molecule has 2 rings (SSSR count). The van der Waals surface area contributed by atoms with Gasteiger partial charge in [0.25, 0.3) is 0 Å². The first-order valence-electron chi connectivity index (χ1n) is 5.56. The van der Waals surface area contributed by atoms with Crippen LogP contribution in [0.25, 0.3) is 10.9 Å². The molecule has 0 aliphatic carbocycles. The SMILES string of the molecule is CCC(N)c1cn(C)c2c(OC)cccc12. The van der Waals surface area contributed by atoms with E-state index >= 15 is 0 Å². The summed E-state index contributed by atoms with van der Waals surface area (Å²) in [5.74, 6) is 0.898. The number of methoxy groups -OCH3 is 1. The number of para-hydroxylation sites is 1. The van der Waals surface area contributed by atoms with Crippen molar-refractivity contribution in [2.75, 3.05) is 7.11 Å². The maximum Gasteiger partial charge on any atom is 0.143 e. The standard InChI is InChI=1S/C13H18N2O/c1-4-11(14)10-8-15(2)13-9(10)6-5-7-12(13)16-3/h5-8,11H,4,14H2,1-3H3. The van der Waals surface area contributed by atoms with Crippen molar-refractivity contribution >= 4 is 10.9 Å².